The number of ether oxygens (including phenoxy) is 2. The highest BCUT2D eigenvalue weighted by atomic mass is 16.5. The number of carbonyl (C=O) groups excluding carboxylic acids is 2. The van der Waals surface area contributed by atoms with E-state index in [1.165, 1.54) is 14.2 Å². The molecule has 0 amide bonds. The number of hydrogen-bond donors (Lipinski definition) is 1. The van der Waals surface area contributed by atoms with Gasteiger partial charge in [0, 0.05) is 12.1 Å². The Balaban J connectivity index is 3.83. The summed E-state index contributed by atoms with van der Waals surface area (Å²) in [4.78, 5) is 21.8. The molecule has 0 rings (SSSR count). The van der Waals surface area contributed by atoms with Gasteiger partial charge in [0.1, 0.15) is 0 Å². The van der Waals surface area contributed by atoms with E-state index in [9.17, 15) is 9.59 Å². The summed E-state index contributed by atoms with van der Waals surface area (Å²) in [6, 6.07) is 0. The van der Waals surface area contributed by atoms with Gasteiger partial charge < -0.3 is 14.8 Å². The Kier molecular flexibility index (Phi) is 5.93. The maximum absolute atomic E-state index is 11.0. The van der Waals surface area contributed by atoms with Crippen LogP contribution in [0.2, 0.25) is 0 Å². The number of rotatable bonds is 6. The molecule has 0 saturated carbocycles. The summed E-state index contributed by atoms with van der Waals surface area (Å²) >= 11 is 0. The van der Waals surface area contributed by atoms with Crippen LogP contribution in [0.3, 0.4) is 0 Å². The summed E-state index contributed by atoms with van der Waals surface area (Å²) in [6.07, 6.45) is 0.561. The Labute approximate surface area is 90.1 Å². The first-order valence-electron chi connectivity index (χ1n) is 4.80. The Hall–Kier alpha value is -1.10. The van der Waals surface area contributed by atoms with Crippen molar-refractivity contribution < 1.29 is 19.1 Å². The van der Waals surface area contributed by atoms with E-state index >= 15 is 0 Å². The molecule has 1 N–H and O–H groups in total. The first-order chi connectivity index (χ1) is 6.91. The van der Waals surface area contributed by atoms with Crippen molar-refractivity contribution in [3.63, 3.8) is 0 Å². The minimum Gasteiger partial charge on any atom is -0.469 e. The summed E-state index contributed by atoms with van der Waals surface area (Å²) < 4.78 is 9.06. The van der Waals surface area contributed by atoms with Crippen LogP contribution in [-0.4, -0.2) is 38.2 Å². The van der Waals surface area contributed by atoms with Crippen molar-refractivity contribution in [3.05, 3.63) is 0 Å². The van der Waals surface area contributed by atoms with Crippen LogP contribution in [0.5, 0.6) is 0 Å². The molecule has 0 heterocycles. The Morgan fingerprint density at radius 1 is 1.13 bits per heavy atom. The van der Waals surface area contributed by atoms with Crippen LogP contribution < -0.4 is 5.32 Å². The number of carbonyl (C=O) groups is 2. The second kappa shape index (κ2) is 6.40. The van der Waals surface area contributed by atoms with Gasteiger partial charge >= 0.3 is 11.9 Å². The van der Waals surface area contributed by atoms with E-state index in [0.717, 1.165) is 0 Å². The van der Waals surface area contributed by atoms with E-state index in [0.29, 0.717) is 13.0 Å². The lowest BCUT2D eigenvalue weighted by Crippen LogP contribution is -2.42. The molecule has 0 aliphatic heterocycles. The average molecular weight is 217 g/mol. The van der Waals surface area contributed by atoms with Gasteiger partial charge in [0.25, 0.3) is 0 Å². The molecule has 0 unspecified atom stereocenters. The summed E-state index contributed by atoms with van der Waals surface area (Å²) in [5.41, 5.74) is -0.374. The highest BCUT2D eigenvalue weighted by Crippen LogP contribution is 2.08. The summed E-state index contributed by atoms with van der Waals surface area (Å²) in [7, 11) is 2.70. The molecule has 15 heavy (non-hydrogen) atoms. The van der Waals surface area contributed by atoms with Crippen molar-refractivity contribution in [1.29, 1.82) is 0 Å². The van der Waals surface area contributed by atoms with Gasteiger partial charge in [-0.25, -0.2) is 0 Å². The Bertz CT molecular complexity index is 225. The molecule has 0 saturated heterocycles. The lowest BCUT2D eigenvalue weighted by atomic mass is 10.0. The topological polar surface area (TPSA) is 64.6 Å². The van der Waals surface area contributed by atoms with Gasteiger partial charge in [-0.1, -0.05) is 0 Å². The predicted octanol–water partition coefficient (Wildman–Crippen LogP) is 0.481. The van der Waals surface area contributed by atoms with Crippen molar-refractivity contribution >= 4 is 11.9 Å². The van der Waals surface area contributed by atoms with Gasteiger partial charge in [-0.2, -0.15) is 0 Å². The first-order valence-corrected chi connectivity index (χ1v) is 4.80. The third-order valence-electron chi connectivity index (χ3n) is 1.97. The lowest BCUT2D eigenvalue weighted by Gasteiger charge is -2.24. The van der Waals surface area contributed by atoms with Crippen molar-refractivity contribution in [2.75, 3.05) is 20.8 Å². The third kappa shape index (κ3) is 6.90. The highest BCUT2D eigenvalue weighted by molar-refractivity contribution is 5.71. The summed E-state index contributed by atoms with van der Waals surface area (Å²) in [6.45, 7) is 4.24. The molecule has 0 radical (unpaired) electrons. The van der Waals surface area contributed by atoms with Crippen molar-refractivity contribution in [1.82, 2.24) is 5.32 Å². The molecule has 0 bridgehead atoms. The van der Waals surface area contributed by atoms with E-state index in [1.807, 2.05) is 13.8 Å². The van der Waals surface area contributed by atoms with E-state index < -0.39 is 0 Å². The van der Waals surface area contributed by atoms with Gasteiger partial charge in [0.15, 0.2) is 0 Å². The fourth-order valence-corrected chi connectivity index (χ4v) is 1.10. The van der Waals surface area contributed by atoms with E-state index in [1.54, 1.807) is 0 Å². The number of methoxy groups -OCH3 is 2. The maximum Gasteiger partial charge on any atom is 0.307 e. The molecule has 0 fully saturated rings. The molecule has 0 aromatic rings. The van der Waals surface area contributed by atoms with Crippen LogP contribution in [-0.2, 0) is 19.1 Å². The lowest BCUT2D eigenvalue weighted by molar-refractivity contribution is -0.142. The van der Waals surface area contributed by atoms with Crippen molar-refractivity contribution in [3.8, 4) is 0 Å². The first kappa shape index (κ1) is 13.9. The maximum atomic E-state index is 11.0. The number of esters is 2. The van der Waals surface area contributed by atoms with Crippen LogP contribution in [0.4, 0.5) is 0 Å². The molecule has 5 heteroatoms. The normalized spacial score (nSPS) is 10.9. The predicted molar refractivity (Wildman–Crippen MR) is 55.3 cm³/mol. The molecule has 0 aromatic heterocycles. The quantitative estimate of drug-likeness (QED) is 0.656. The molecule has 5 nitrogen and oxygen atoms in total. The standard InChI is InChI=1S/C10H19NO4/c1-10(2,7-9(13)15-4)11-6-5-8(12)14-3/h11H,5-7H2,1-4H3. The monoisotopic (exact) mass is 217 g/mol. The second-order valence-electron chi connectivity index (χ2n) is 3.89. The van der Waals surface area contributed by atoms with Gasteiger partial charge in [-0.15, -0.1) is 0 Å². The minimum absolute atomic E-state index is 0.267. The van der Waals surface area contributed by atoms with Crippen LogP contribution in [0.25, 0.3) is 0 Å². The number of hydrogen-bond acceptors (Lipinski definition) is 5. The van der Waals surface area contributed by atoms with Crippen LogP contribution >= 0.6 is 0 Å². The largest absolute Gasteiger partial charge is 0.469 e. The van der Waals surface area contributed by atoms with Gasteiger partial charge in [-0.05, 0) is 13.8 Å². The zero-order valence-corrected chi connectivity index (χ0v) is 9.75. The molecule has 88 valence electrons. The van der Waals surface area contributed by atoms with E-state index in [4.69, 9.17) is 0 Å². The minimum atomic E-state index is -0.374. The van der Waals surface area contributed by atoms with Gasteiger partial charge in [-0.3, -0.25) is 9.59 Å². The molecule has 0 aromatic carbocycles. The zero-order chi connectivity index (χ0) is 11.9. The summed E-state index contributed by atoms with van der Waals surface area (Å²) in [5.74, 6) is -0.540. The average Bonchev–Trinajstić information content (AvgIpc) is 2.16. The third-order valence-corrected chi connectivity index (χ3v) is 1.97. The fourth-order valence-electron chi connectivity index (χ4n) is 1.10. The molecule has 0 aliphatic rings. The van der Waals surface area contributed by atoms with Crippen molar-refractivity contribution in [2.24, 2.45) is 0 Å². The fraction of sp³-hybridized carbons (Fsp3) is 0.800. The van der Waals surface area contributed by atoms with Crippen molar-refractivity contribution in [2.45, 2.75) is 32.2 Å². The van der Waals surface area contributed by atoms with E-state index in [-0.39, 0.29) is 23.9 Å². The molecular weight excluding hydrogens is 198 g/mol. The Morgan fingerprint density at radius 3 is 2.13 bits per heavy atom. The molecule has 0 aliphatic carbocycles. The number of nitrogens with one attached hydrogen (secondary N) is 1. The van der Waals surface area contributed by atoms with Gasteiger partial charge in [0.05, 0.1) is 27.1 Å². The summed E-state index contributed by atoms with van der Waals surface area (Å²) in [5, 5.41) is 3.09. The highest BCUT2D eigenvalue weighted by Gasteiger charge is 2.21. The second-order valence-corrected chi connectivity index (χ2v) is 3.89. The van der Waals surface area contributed by atoms with E-state index in [2.05, 4.69) is 14.8 Å². The molecular formula is C10H19NO4. The Morgan fingerprint density at radius 2 is 1.67 bits per heavy atom. The SMILES string of the molecule is COC(=O)CCNC(C)(C)CC(=O)OC. The van der Waals surface area contributed by atoms with Crippen LogP contribution in [0, 0.1) is 0 Å². The smallest absolute Gasteiger partial charge is 0.307 e. The molecule has 0 spiro atoms. The van der Waals surface area contributed by atoms with Crippen LogP contribution in [0.15, 0.2) is 0 Å². The van der Waals surface area contributed by atoms with Gasteiger partial charge in [0.2, 0.25) is 0 Å². The molecule has 0 atom stereocenters. The zero-order valence-electron chi connectivity index (χ0n) is 9.75. The van der Waals surface area contributed by atoms with Crippen LogP contribution in [0.1, 0.15) is 26.7 Å².